The van der Waals surface area contributed by atoms with E-state index in [2.05, 4.69) is 15.5 Å². The summed E-state index contributed by atoms with van der Waals surface area (Å²) < 4.78 is 5.85. The van der Waals surface area contributed by atoms with E-state index in [-0.39, 0.29) is 23.2 Å². The molecule has 2 aromatic carbocycles. The zero-order valence-electron chi connectivity index (χ0n) is 15.7. The number of thioether (sulfide) groups is 1. The maximum absolute atomic E-state index is 12.1. The van der Waals surface area contributed by atoms with Crippen molar-refractivity contribution in [2.75, 3.05) is 18.1 Å². The third-order valence-corrected chi connectivity index (χ3v) is 5.50. The molecule has 29 heavy (non-hydrogen) atoms. The lowest BCUT2D eigenvalue weighted by Gasteiger charge is -2.37. The van der Waals surface area contributed by atoms with Gasteiger partial charge in [-0.3, -0.25) is 19.7 Å². The molecule has 2 aromatic rings. The minimum absolute atomic E-state index is 0.0641. The number of nitrogens with zero attached hydrogens (tertiary/aromatic N) is 1. The van der Waals surface area contributed by atoms with Crippen molar-refractivity contribution < 1.29 is 19.1 Å². The summed E-state index contributed by atoms with van der Waals surface area (Å²) in [6.45, 7) is 3.00. The average Bonchev–Trinajstić information content (AvgIpc) is 3.02. The van der Waals surface area contributed by atoms with Gasteiger partial charge in [-0.05, 0) is 54.6 Å². The van der Waals surface area contributed by atoms with Crippen molar-refractivity contribution in [2.45, 2.75) is 13.1 Å². The Balaban J connectivity index is 1.37. The van der Waals surface area contributed by atoms with Crippen LogP contribution >= 0.6 is 11.8 Å². The van der Waals surface area contributed by atoms with Crippen molar-refractivity contribution >= 4 is 40.6 Å². The number of rotatable bonds is 5. The number of benzene rings is 2. The van der Waals surface area contributed by atoms with Crippen LogP contribution in [0.2, 0.25) is 0 Å². The van der Waals surface area contributed by atoms with Crippen LogP contribution in [0.4, 0.5) is 10.5 Å². The number of hydrogen-bond donors (Lipinski definition) is 2. The molecule has 1 unspecified atom stereocenters. The Morgan fingerprint density at radius 3 is 2.55 bits per heavy atom. The van der Waals surface area contributed by atoms with Gasteiger partial charge in [0.1, 0.15) is 12.4 Å². The predicted molar refractivity (Wildman–Crippen MR) is 112 cm³/mol. The average molecular weight is 409 g/mol. The highest BCUT2D eigenvalue weighted by molar-refractivity contribution is 8.18. The van der Waals surface area contributed by atoms with E-state index >= 15 is 0 Å². The van der Waals surface area contributed by atoms with Gasteiger partial charge in [0, 0.05) is 0 Å². The van der Waals surface area contributed by atoms with Crippen molar-refractivity contribution in [2.24, 2.45) is 0 Å². The lowest BCUT2D eigenvalue weighted by atomic mass is 10.1. The van der Waals surface area contributed by atoms with Gasteiger partial charge in [0.2, 0.25) is 0 Å². The van der Waals surface area contributed by atoms with Gasteiger partial charge in [0.05, 0.1) is 28.9 Å². The molecule has 2 aliphatic heterocycles. The van der Waals surface area contributed by atoms with E-state index in [9.17, 15) is 14.4 Å². The summed E-state index contributed by atoms with van der Waals surface area (Å²) in [4.78, 5) is 37.4. The Bertz CT molecular complexity index is 1000. The van der Waals surface area contributed by atoms with Crippen molar-refractivity contribution in [1.82, 2.24) is 10.6 Å². The Morgan fingerprint density at radius 2 is 1.83 bits per heavy atom. The summed E-state index contributed by atoms with van der Waals surface area (Å²) in [6.07, 6.45) is 1.55. The van der Waals surface area contributed by atoms with E-state index in [0.29, 0.717) is 29.4 Å². The first-order chi connectivity index (χ1) is 14.0. The molecule has 0 aliphatic carbocycles. The van der Waals surface area contributed by atoms with E-state index in [0.717, 1.165) is 23.0 Å². The fourth-order valence-corrected chi connectivity index (χ4v) is 3.96. The van der Waals surface area contributed by atoms with E-state index in [1.807, 2.05) is 55.5 Å². The number of hydrogen-bond acceptors (Lipinski definition) is 6. The highest BCUT2D eigenvalue weighted by Gasteiger charge is 2.27. The van der Waals surface area contributed by atoms with Crippen LogP contribution in [0.1, 0.15) is 22.8 Å². The Kier molecular flexibility index (Phi) is 5.26. The minimum Gasteiger partial charge on any atom is -0.492 e. The molecular weight excluding hydrogens is 390 g/mol. The molecule has 2 N–H and O–H groups in total. The smallest absolute Gasteiger partial charge is 0.290 e. The molecule has 4 rings (SSSR count). The zero-order chi connectivity index (χ0) is 20.4. The fourth-order valence-electron chi connectivity index (χ4n) is 3.28. The number of fused-ring (bicyclic) bond motifs is 1. The summed E-state index contributed by atoms with van der Waals surface area (Å²) in [5, 5.41) is 4.83. The van der Waals surface area contributed by atoms with Gasteiger partial charge in [-0.15, -0.1) is 0 Å². The normalized spacial score (nSPS) is 19.8. The number of carbonyl (C=O) groups excluding carboxylic acids is 3. The summed E-state index contributed by atoms with van der Waals surface area (Å²) in [5.74, 6) is 0.267. The van der Waals surface area contributed by atoms with E-state index in [1.165, 1.54) is 0 Å². The number of imide groups is 1. The van der Waals surface area contributed by atoms with Crippen LogP contribution in [-0.2, 0) is 4.79 Å². The maximum atomic E-state index is 12.1. The standard InChI is InChI=1S/C21H19N3O4S/c1-13-22-19(25)16-4-2-3-5-17(16)24(13)10-11-28-15-8-6-14(7-9-15)12-18-20(26)23-21(27)29-18/h2-9,12-13H,10-11H2,1H3,(H,22,25)(H,23,26,27). The highest BCUT2D eigenvalue weighted by atomic mass is 32.2. The van der Waals surface area contributed by atoms with Crippen LogP contribution in [-0.4, -0.2) is 36.4 Å². The lowest BCUT2D eigenvalue weighted by molar-refractivity contribution is -0.115. The van der Waals surface area contributed by atoms with Crippen molar-refractivity contribution in [3.63, 3.8) is 0 Å². The van der Waals surface area contributed by atoms with Crippen LogP contribution < -0.4 is 20.3 Å². The minimum atomic E-state index is -0.372. The van der Waals surface area contributed by atoms with Gasteiger partial charge in [0.25, 0.3) is 17.1 Å². The van der Waals surface area contributed by atoms with Crippen LogP contribution in [0.3, 0.4) is 0 Å². The molecule has 3 amide bonds. The number of nitrogens with one attached hydrogen (secondary N) is 2. The molecule has 2 aliphatic rings. The van der Waals surface area contributed by atoms with Crippen molar-refractivity contribution in [3.05, 3.63) is 64.6 Å². The number of anilines is 1. The number of para-hydroxylation sites is 1. The zero-order valence-corrected chi connectivity index (χ0v) is 16.5. The molecule has 0 bridgehead atoms. The topological polar surface area (TPSA) is 87.7 Å². The van der Waals surface area contributed by atoms with Crippen molar-refractivity contribution in [3.8, 4) is 5.75 Å². The SMILES string of the molecule is CC1NC(=O)c2ccccc2N1CCOc1ccc(C=C2SC(=O)NC2=O)cc1. The second kappa shape index (κ2) is 8.00. The van der Waals surface area contributed by atoms with E-state index in [1.54, 1.807) is 6.08 Å². The Labute approximate surface area is 172 Å². The summed E-state index contributed by atoms with van der Waals surface area (Å²) in [7, 11) is 0. The number of carbonyl (C=O) groups is 3. The fraction of sp³-hybridized carbons (Fsp3) is 0.190. The summed E-state index contributed by atoms with van der Waals surface area (Å²) in [5.41, 5.74) is 2.37. The summed E-state index contributed by atoms with van der Waals surface area (Å²) in [6, 6.07) is 14.8. The third kappa shape index (κ3) is 4.12. The van der Waals surface area contributed by atoms with Gasteiger partial charge in [-0.25, -0.2) is 0 Å². The quantitative estimate of drug-likeness (QED) is 0.739. The number of amides is 3. The molecule has 1 atom stereocenters. The van der Waals surface area contributed by atoms with Gasteiger partial charge in [0.15, 0.2) is 0 Å². The molecule has 7 nitrogen and oxygen atoms in total. The molecule has 2 heterocycles. The molecule has 8 heteroatoms. The molecule has 0 radical (unpaired) electrons. The second-order valence-electron chi connectivity index (χ2n) is 6.63. The second-order valence-corrected chi connectivity index (χ2v) is 7.64. The predicted octanol–water partition coefficient (Wildman–Crippen LogP) is 2.99. The first kappa shape index (κ1) is 19.1. The van der Waals surface area contributed by atoms with Gasteiger partial charge in [-0.2, -0.15) is 0 Å². The van der Waals surface area contributed by atoms with Crippen molar-refractivity contribution in [1.29, 1.82) is 0 Å². The monoisotopic (exact) mass is 409 g/mol. The van der Waals surface area contributed by atoms with Crippen LogP contribution in [0.15, 0.2) is 53.4 Å². The molecule has 1 saturated heterocycles. The molecule has 1 fully saturated rings. The molecule has 0 spiro atoms. The number of ether oxygens (including phenoxy) is 1. The van der Waals surface area contributed by atoms with Crippen LogP contribution in [0.25, 0.3) is 6.08 Å². The Morgan fingerprint density at radius 1 is 1.07 bits per heavy atom. The Hall–Kier alpha value is -3.26. The third-order valence-electron chi connectivity index (χ3n) is 4.69. The van der Waals surface area contributed by atoms with Gasteiger partial charge in [-0.1, -0.05) is 24.3 Å². The van der Waals surface area contributed by atoms with E-state index < -0.39 is 0 Å². The largest absolute Gasteiger partial charge is 0.492 e. The molecule has 0 saturated carbocycles. The lowest BCUT2D eigenvalue weighted by Crippen LogP contribution is -2.52. The van der Waals surface area contributed by atoms with Gasteiger partial charge >= 0.3 is 0 Å². The molecule has 148 valence electrons. The summed E-state index contributed by atoms with van der Waals surface area (Å²) >= 11 is 0.892. The first-order valence-corrected chi connectivity index (χ1v) is 9.97. The first-order valence-electron chi connectivity index (χ1n) is 9.15. The van der Waals surface area contributed by atoms with Gasteiger partial charge < -0.3 is 15.0 Å². The van der Waals surface area contributed by atoms with Crippen LogP contribution in [0.5, 0.6) is 5.75 Å². The van der Waals surface area contributed by atoms with E-state index in [4.69, 9.17) is 4.74 Å². The van der Waals surface area contributed by atoms with Crippen LogP contribution in [0, 0.1) is 0 Å². The molecule has 0 aromatic heterocycles. The molecular formula is C21H19N3O4S. The maximum Gasteiger partial charge on any atom is 0.290 e. The highest BCUT2D eigenvalue weighted by Crippen LogP contribution is 2.27.